The normalized spacial score (nSPS) is 36.1. The Kier molecular flexibility index (Phi) is 1.83. The molecule has 0 N–H and O–H groups in total. The van der Waals surface area contributed by atoms with Gasteiger partial charge in [0.2, 0.25) is 0 Å². The molecule has 16 heavy (non-hydrogen) atoms. The first-order chi connectivity index (χ1) is 7.33. The lowest BCUT2D eigenvalue weighted by Crippen LogP contribution is -2.32. The summed E-state index contributed by atoms with van der Waals surface area (Å²) in [5.74, 6) is 0.573. The van der Waals surface area contributed by atoms with Crippen LogP contribution in [0, 0.1) is 10.8 Å². The quantitative estimate of drug-likeness (QED) is 0.632. The molecule has 0 aromatic rings. The fourth-order valence-corrected chi connectivity index (χ4v) is 6.53. The fraction of sp³-hybridized carbons (Fsp3) is 0.786. The number of rotatable bonds is 1. The minimum atomic E-state index is -1.44. The Labute approximate surface area is 99.3 Å². The molecule has 3 aliphatic rings. The van der Waals surface area contributed by atoms with Gasteiger partial charge in [-0.3, -0.25) is 4.79 Å². The van der Waals surface area contributed by atoms with Gasteiger partial charge in [-0.05, 0) is 37.3 Å². The summed E-state index contributed by atoms with van der Waals surface area (Å²) in [5, 5.41) is 1.34. The second-order valence-electron chi connectivity index (χ2n) is 7.20. The molecule has 1 unspecified atom stereocenters. The van der Waals surface area contributed by atoms with Gasteiger partial charge in [-0.2, -0.15) is 0 Å². The zero-order chi connectivity index (χ0) is 11.8. The van der Waals surface area contributed by atoms with E-state index in [4.69, 9.17) is 0 Å². The highest BCUT2D eigenvalue weighted by atomic mass is 28.3. The van der Waals surface area contributed by atoms with Crippen molar-refractivity contribution in [2.75, 3.05) is 0 Å². The lowest BCUT2D eigenvalue weighted by molar-refractivity contribution is -0.121. The number of carbonyl (C=O) groups is 1. The second kappa shape index (κ2) is 2.72. The summed E-state index contributed by atoms with van der Waals surface area (Å²) in [4.78, 5) is 12.7. The molecule has 0 saturated heterocycles. The van der Waals surface area contributed by atoms with Gasteiger partial charge in [0.15, 0.2) is 5.78 Å². The molecule has 2 fully saturated rings. The van der Waals surface area contributed by atoms with E-state index in [9.17, 15) is 4.79 Å². The van der Waals surface area contributed by atoms with E-state index >= 15 is 0 Å². The average Bonchev–Trinajstić information content (AvgIpc) is 2.84. The first-order valence-corrected chi connectivity index (χ1v) is 10.1. The molecule has 3 rings (SSSR count). The molecule has 1 nitrogen and oxygen atoms in total. The molecule has 3 aliphatic carbocycles. The topological polar surface area (TPSA) is 17.1 Å². The van der Waals surface area contributed by atoms with Crippen LogP contribution in [-0.4, -0.2) is 13.9 Å². The molecule has 0 heterocycles. The van der Waals surface area contributed by atoms with E-state index in [0.29, 0.717) is 5.78 Å². The molecule has 0 amide bonds. The molecular formula is C14H22OSi. The number of Topliss-reactive ketones (excluding diaryl/α,β-unsaturated/α-hetero) is 1. The lowest BCUT2D eigenvalue weighted by atomic mass is 9.73. The summed E-state index contributed by atoms with van der Waals surface area (Å²) in [7, 11) is -1.44. The van der Waals surface area contributed by atoms with Crippen LogP contribution in [-0.2, 0) is 4.79 Å². The summed E-state index contributed by atoms with van der Waals surface area (Å²) in [5.41, 5.74) is 1.96. The van der Waals surface area contributed by atoms with Crippen molar-refractivity contribution in [3.63, 3.8) is 0 Å². The predicted molar refractivity (Wildman–Crippen MR) is 69.0 cm³/mol. The van der Waals surface area contributed by atoms with E-state index in [1.165, 1.54) is 37.3 Å². The number of hydrogen-bond acceptors (Lipinski definition) is 1. The SMILES string of the molecule is CC12CCCC1=C([Si](C)(C)C)C(=O)C21CC1. The van der Waals surface area contributed by atoms with Crippen LogP contribution in [0.5, 0.6) is 0 Å². The van der Waals surface area contributed by atoms with Crippen LogP contribution >= 0.6 is 0 Å². The molecule has 0 bridgehead atoms. The maximum atomic E-state index is 12.7. The van der Waals surface area contributed by atoms with Gasteiger partial charge in [0.25, 0.3) is 0 Å². The fourth-order valence-electron chi connectivity index (χ4n) is 4.30. The summed E-state index contributed by atoms with van der Waals surface area (Å²) < 4.78 is 0. The Balaban J connectivity index is 2.20. The van der Waals surface area contributed by atoms with Gasteiger partial charge in [0, 0.05) is 10.8 Å². The zero-order valence-electron chi connectivity index (χ0n) is 10.9. The molecule has 2 heteroatoms. The standard InChI is InChI=1S/C14H22OSi/c1-13-7-5-6-10(13)11(16(2,3)4)12(15)14(13)8-9-14/h5-9H2,1-4H3. The average molecular weight is 234 g/mol. The molecule has 0 aromatic heterocycles. The van der Waals surface area contributed by atoms with Crippen LogP contribution in [0.3, 0.4) is 0 Å². The third kappa shape index (κ3) is 0.999. The zero-order valence-corrected chi connectivity index (χ0v) is 11.9. The first-order valence-electron chi connectivity index (χ1n) is 6.62. The van der Waals surface area contributed by atoms with E-state index in [2.05, 4.69) is 26.6 Å². The Morgan fingerprint density at radius 1 is 1.12 bits per heavy atom. The third-order valence-electron chi connectivity index (χ3n) is 5.29. The third-order valence-corrected chi connectivity index (χ3v) is 7.32. The molecule has 2 saturated carbocycles. The van der Waals surface area contributed by atoms with E-state index in [1.54, 1.807) is 5.57 Å². The van der Waals surface area contributed by atoms with Gasteiger partial charge in [-0.1, -0.05) is 32.1 Å². The van der Waals surface area contributed by atoms with Crippen molar-refractivity contribution in [3.05, 3.63) is 10.8 Å². The van der Waals surface area contributed by atoms with Gasteiger partial charge in [-0.25, -0.2) is 0 Å². The van der Waals surface area contributed by atoms with Crippen LogP contribution in [0.2, 0.25) is 19.6 Å². The molecule has 0 aromatic carbocycles. The lowest BCUT2D eigenvalue weighted by Gasteiger charge is -2.28. The van der Waals surface area contributed by atoms with Crippen molar-refractivity contribution in [1.29, 1.82) is 0 Å². The van der Waals surface area contributed by atoms with Crippen LogP contribution in [0.4, 0.5) is 0 Å². The Hall–Kier alpha value is -0.373. The van der Waals surface area contributed by atoms with Crippen molar-refractivity contribution in [1.82, 2.24) is 0 Å². The highest BCUT2D eigenvalue weighted by molar-refractivity contribution is 6.87. The van der Waals surface area contributed by atoms with Gasteiger partial charge < -0.3 is 0 Å². The molecule has 88 valence electrons. The van der Waals surface area contributed by atoms with Crippen molar-refractivity contribution in [3.8, 4) is 0 Å². The second-order valence-corrected chi connectivity index (χ2v) is 12.2. The Bertz CT molecular complexity index is 409. The van der Waals surface area contributed by atoms with Gasteiger partial charge >= 0.3 is 0 Å². The number of allylic oxidation sites excluding steroid dienone is 2. The first kappa shape index (κ1) is 10.8. The Morgan fingerprint density at radius 3 is 2.25 bits per heavy atom. The predicted octanol–water partition coefficient (Wildman–Crippen LogP) is 3.71. The molecule has 0 radical (unpaired) electrons. The van der Waals surface area contributed by atoms with Crippen molar-refractivity contribution in [2.24, 2.45) is 10.8 Å². The van der Waals surface area contributed by atoms with Crippen LogP contribution in [0.25, 0.3) is 0 Å². The number of ketones is 1. The highest BCUT2D eigenvalue weighted by Gasteiger charge is 2.69. The summed E-state index contributed by atoms with van der Waals surface area (Å²) in [6.07, 6.45) is 6.13. The van der Waals surface area contributed by atoms with Crippen molar-refractivity contribution < 1.29 is 4.79 Å². The molecule has 0 aliphatic heterocycles. The van der Waals surface area contributed by atoms with E-state index in [1.807, 2.05) is 0 Å². The largest absolute Gasteiger partial charge is 0.294 e. The van der Waals surface area contributed by atoms with Crippen molar-refractivity contribution in [2.45, 2.75) is 58.7 Å². The maximum Gasteiger partial charge on any atom is 0.161 e. The minimum absolute atomic E-state index is 0.0917. The van der Waals surface area contributed by atoms with Gasteiger partial charge in [0.1, 0.15) is 0 Å². The molecule has 1 atom stereocenters. The number of carbonyl (C=O) groups excluding carboxylic acids is 1. The smallest absolute Gasteiger partial charge is 0.161 e. The van der Waals surface area contributed by atoms with E-state index in [0.717, 1.165) is 0 Å². The molecular weight excluding hydrogens is 212 g/mol. The maximum absolute atomic E-state index is 12.7. The summed E-state index contributed by atoms with van der Waals surface area (Å²) in [6.45, 7) is 9.40. The Morgan fingerprint density at radius 2 is 1.75 bits per heavy atom. The van der Waals surface area contributed by atoms with Crippen LogP contribution < -0.4 is 0 Å². The van der Waals surface area contributed by atoms with Gasteiger partial charge in [0.05, 0.1) is 8.07 Å². The number of hydrogen-bond donors (Lipinski definition) is 0. The molecule has 1 spiro atoms. The van der Waals surface area contributed by atoms with Crippen molar-refractivity contribution >= 4 is 13.9 Å². The highest BCUT2D eigenvalue weighted by Crippen LogP contribution is 2.72. The van der Waals surface area contributed by atoms with Gasteiger partial charge in [-0.15, -0.1) is 0 Å². The monoisotopic (exact) mass is 234 g/mol. The summed E-state index contributed by atoms with van der Waals surface area (Å²) in [6, 6.07) is 0. The van der Waals surface area contributed by atoms with Crippen LogP contribution in [0.15, 0.2) is 10.8 Å². The number of fused-ring (bicyclic) bond motifs is 2. The minimum Gasteiger partial charge on any atom is -0.294 e. The van der Waals surface area contributed by atoms with E-state index in [-0.39, 0.29) is 10.8 Å². The van der Waals surface area contributed by atoms with E-state index < -0.39 is 8.07 Å². The van der Waals surface area contributed by atoms with Crippen LogP contribution in [0.1, 0.15) is 39.0 Å². The summed E-state index contributed by atoms with van der Waals surface area (Å²) >= 11 is 0.